The minimum Gasteiger partial charge on any atom is -0.491 e. The van der Waals surface area contributed by atoms with Gasteiger partial charge in [-0.05, 0) is 48.6 Å². The molecule has 0 bridgehead atoms. The van der Waals surface area contributed by atoms with Crippen LogP contribution in [0.5, 0.6) is 5.75 Å². The number of carbonyl (C=O) groups is 3. The molecule has 0 aliphatic carbocycles. The molecule has 3 atom stereocenters. The molecule has 2 aromatic rings. The summed E-state index contributed by atoms with van der Waals surface area (Å²) in [6.07, 6.45) is 1.59. The van der Waals surface area contributed by atoms with Gasteiger partial charge >= 0.3 is 0 Å². The Morgan fingerprint density at radius 3 is 2.04 bits per heavy atom. The quantitative estimate of drug-likeness (QED) is 0.196. The second-order valence-corrected chi connectivity index (χ2v) is 15.8. The summed E-state index contributed by atoms with van der Waals surface area (Å²) in [5.74, 6) is -1.38. The SMILES string of the molecule is CN[C@H](C(=O)N[C@H](C(=O)N(C)[C@H](/C=C(\C)C(=O)NS(=O)(=O)Cc1ccccc1)C(C)C)C(C)(C)C)C(C)(C)c1ccc(OCCO)cc1. The van der Waals surface area contributed by atoms with E-state index in [9.17, 15) is 22.8 Å². The van der Waals surface area contributed by atoms with Crippen molar-refractivity contribution in [3.8, 4) is 5.75 Å². The first-order valence-corrected chi connectivity index (χ1v) is 17.8. The average Bonchev–Trinajstić information content (AvgIpc) is 3.00. The number of hydrogen-bond acceptors (Lipinski definition) is 8. The third kappa shape index (κ3) is 11.2. The summed E-state index contributed by atoms with van der Waals surface area (Å²) in [4.78, 5) is 42.5. The van der Waals surface area contributed by atoms with Gasteiger partial charge in [0.1, 0.15) is 18.4 Å². The van der Waals surface area contributed by atoms with Crippen molar-refractivity contribution < 1.29 is 32.6 Å². The molecule has 3 amide bonds. The van der Waals surface area contributed by atoms with Gasteiger partial charge in [0, 0.05) is 18.0 Å². The summed E-state index contributed by atoms with van der Waals surface area (Å²) in [6, 6.07) is 13.7. The van der Waals surface area contributed by atoms with Crippen molar-refractivity contribution in [2.75, 3.05) is 27.3 Å². The van der Waals surface area contributed by atoms with Crippen LogP contribution in [-0.4, -0.2) is 81.6 Å². The van der Waals surface area contributed by atoms with Crippen LogP contribution in [0.3, 0.4) is 0 Å². The Kier molecular flexibility index (Phi) is 14.4. The van der Waals surface area contributed by atoms with E-state index in [4.69, 9.17) is 9.84 Å². The molecule has 0 unspecified atom stereocenters. The van der Waals surface area contributed by atoms with E-state index in [0.29, 0.717) is 11.3 Å². The maximum Gasteiger partial charge on any atom is 0.260 e. The fourth-order valence-corrected chi connectivity index (χ4v) is 6.64. The lowest BCUT2D eigenvalue weighted by atomic mass is 9.76. The fraction of sp³-hybridized carbons (Fsp3) is 0.528. The Balaban J connectivity index is 2.29. The molecule has 4 N–H and O–H groups in total. The van der Waals surface area contributed by atoms with E-state index < -0.39 is 44.9 Å². The Bertz CT molecular complexity index is 1520. The van der Waals surface area contributed by atoms with Gasteiger partial charge in [-0.3, -0.25) is 14.4 Å². The first-order chi connectivity index (χ1) is 22.2. The molecule has 0 aliphatic heterocycles. The number of ether oxygens (including phenoxy) is 1. The Morgan fingerprint density at radius 2 is 1.54 bits per heavy atom. The summed E-state index contributed by atoms with van der Waals surface area (Å²) in [7, 11) is -0.647. The highest BCUT2D eigenvalue weighted by atomic mass is 32.2. The van der Waals surface area contributed by atoms with Gasteiger partial charge < -0.3 is 25.4 Å². The van der Waals surface area contributed by atoms with Crippen LogP contribution >= 0.6 is 0 Å². The fourth-order valence-electron chi connectivity index (χ4n) is 5.49. The summed E-state index contributed by atoms with van der Waals surface area (Å²) in [5.41, 5.74) is 0.184. The number of amides is 3. The lowest BCUT2D eigenvalue weighted by molar-refractivity contribution is -0.140. The predicted octanol–water partition coefficient (Wildman–Crippen LogP) is 3.53. The second kappa shape index (κ2) is 17.1. The highest BCUT2D eigenvalue weighted by Crippen LogP contribution is 2.30. The molecule has 48 heavy (non-hydrogen) atoms. The van der Waals surface area contributed by atoms with Gasteiger partial charge in [0.2, 0.25) is 21.8 Å². The van der Waals surface area contributed by atoms with Crippen LogP contribution in [0.2, 0.25) is 0 Å². The summed E-state index contributed by atoms with van der Waals surface area (Å²) < 4.78 is 33.0. The predicted molar refractivity (Wildman–Crippen MR) is 189 cm³/mol. The van der Waals surface area contributed by atoms with Gasteiger partial charge in [-0.1, -0.05) is 97.0 Å². The number of rotatable bonds is 16. The highest BCUT2D eigenvalue weighted by Gasteiger charge is 2.41. The zero-order valence-electron chi connectivity index (χ0n) is 30.0. The molecule has 11 nitrogen and oxygen atoms in total. The number of likely N-dealkylation sites (N-methyl/N-ethyl adjacent to an activating group) is 2. The summed E-state index contributed by atoms with van der Waals surface area (Å²) >= 11 is 0. The van der Waals surface area contributed by atoms with Crippen molar-refractivity contribution in [3.63, 3.8) is 0 Å². The van der Waals surface area contributed by atoms with E-state index in [1.807, 2.05) is 60.6 Å². The van der Waals surface area contributed by atoms with Crippen LogP contribution in [0.15, 0.2) is 66.2 Å². The molecule has 12 heteroatoms. The minimum absolute atomic E-state index is 0.0965. The van der Waals surface area contributed by atoms with Gasteiger partial charge in [-0.15, -0.1) is 0 Å². The van der Waals surface area contributed by atoms with Crippen molar-refractivity contribution in [2.45, 2.75) is 84.7 Å². The number of aliphatic hydroxyl groups excluding tert-OH is 1. The largest absolute Gasteiger partial charge is 0.491 e. The molecule has 0 heterocycles. The molecule has 0 aliphatic rings. The number of sulfonamides is 1. The molecule has 2 aromatic carbocycles. The lowest BCUT2D eigenvalue weighted by Gasteiger charge is -2.40. The van der Waals surface area contributed by atoms with Crippen LogP contribution in [0, 0.1) is 11.3 Å². The maximum absolute atomic E-state index is 14.1. The number of benzene rings is 2. The van der Waals surface area contributed by atoms with Crippen molar-refractivity contribution in [1.82, 2.24) is 20.3 Å². The number of nitrogens with one attached hydrogen (secondary N) is 3. The van der Waals surface area contributed by atoms with E-state index in [1.165, 1.54) is 11.8 Å². The molecular formula is C36H54N4O7S. The monoisotopic (exact) mass is 686 g/mol. The summed E-state index contributed by atoms with van der Waals surface area (Å²) in [5, 5.41) is 15.2. The Hall–Kier alpha value is -3.74. The molecular weight excluding hydrogens is 632 g/mol. The van der Waals surface area contributed by atoms with Crippen LogP contribution in [0.1, 0.15) is 66.5 Å². The first-order valence-electron chi connectivity index (χ1n) is 16.1. The molecule has 0 fully saturated rings. The van der Waals surface area contributed by atoms with Crippen molar-refractivity contribution in [2.24, 2.45) is 11.3 Å². The van der Waals surface area contributed by atoms with Crippen molar-refractivity contribution >= 4 is 27.7 Å². The molecule has 266 valence electrons. The van der Waals surface area contributed by atoms with Crippen LogP contribution in [0.4, 0.5) is 0 Å². The number of nitrogens with zero attached hydrogens (tertiary/aromatic N) is 1. The van der Waals surface area contributed by atoms with Crippen molar-refractivity contribution in [3.05, 3.63) is 77.4 Å². The Morgan fingerprint density at radius 1 is 0.958 bits per heavy atom. The molecule has 0 saturated carbocycles. The van der Waals surface area contributed by atoms with Crippen LogP contribution in [0.25, 0.3) is 0 Å². The zero-order valence-corrected chi connectivity index (χ0v) is 30.8. The molecule has 2 rings (SSSR count). The van der Waals surface area contributed by atoms with Gasteiger partial charge in [0.25, 0.3) is 5.91 Å². The molecule has 0 aromatic heterocycles. The molecule has 0 radical (unpaired) electrons. The first kappa shape index (κ1) is 40.4. The lowest BCUT2D eigenvalue weighted by Crippen LogP contribution is -2.61. The van der Waals surface area contributed by atoms with Gasteiger partial charge in [0.05, 0.1) is 24.4 Å². The van der Waals surface area contributed by atoms with E-state index in [0.717, 1.165) is 5.56 Å². The van der Waals surface area contributed by atoms with Crippen LogP contribution in [-0.2, 0) is 35.6 Å². The highest BCUT2D eigenvalue weighted by molar-refractivity contribution is 7.89. The molecule has 0 saturated heterocycles. The Labute approximate surface area is 286 Å². The zero-order chi connectivity index (χ0) is 36.4. The van der Waals surface area contributed by atoms with Gasteiger partial charge in [0.15, 0.2) is 0 Å². The summed E-state index contributed by atoms with van der Waals surface area (Å²) in [6.45, 7) is 14.9. The van der Waals surface area contributed by atoms with E-state index >= 15 is 0 Å². The third-order valence-electron chi connectivity index (χ3n) is 8.33. The topological polar surface area (TPSA) is 154 Å². The second-order valence-electron chi connectivity index (χ2n) is 14.1. The van der Waals surface area contributed by atoms with Gasteiger partial charge in [-0.25, -0.2) is 13.1 Å². The number of aliphatic hydroxyl groups is 1. The normalized spacial score (nSPS) is 14.5. The third-order valence-corrected chi connectivity index (χ3v) is 9.54. The number of hydrogen-bond donors (Lipinski definition) is 4. The molecule has 0 spiro atoms. The van der Waals surface area contributed by atoms with Crippen LogP contribution < -0.4 is 20.1 Å². The standard InChI is InChI=1S/C36H54N4O7S/c1-24(2)29(22-25(3)32(42)39-48(45,46)23-26-14-12-11-13-15-26)40(10)34(44)31(35(4,5)6)38-33(43)30(37-9)36(7,8)27-16-18-28(19-17-27)47-21-20-41/h11-19,22,24,29-31,37,41H,20-21,23H2,1-10H3,(H,38,43)(H,39,42)/b25-22+/t29-,30-,31-/m1/s1. The van der Waals surface area contributed by atoms with E-state index in [-0.39, 0.29) is 42.3 Å². The smallest absolute Gasteiger partial charge is 0.260 e. The van der Waals surface area contributed by atoms with Crippen molar-refractivity contribution in [1.29, 1.82) is 0 Å². The maximum atomic E-state index is 14.1. The number of carbonyl (C=O) groups excluding carboxylic acids is 3. The average molecular weight is 687 g/mol. The van der Waals surface area contributed by atoms with Gasteiger partial charge in [-0.2, -0.15) is 0 Å². The minimum atomic E-state index is -3.96. The van der Waals surface area contributed by atoms with E-state index in [1.54, 1.807) is 62.6 Å². The van der Waals surface area contributed by atoms with E-state index in [2.05, 4.69) is 15.4 Å².